The summed E-state index contributed by atoms with van der Waals surface area (Å²) in [6, 6.07) is 9.71. The first-order chi connectivity index (χ1) is 12.9. The highest BCUT2D eigenvalue weighted by molar-refractivity contribution is 5.56. The summed E-state index contributed by atoms with van der Waals surface area (Å²) in [6.07, 6.45) is 7.58. The minimum absolute atomic E-state index is 0.490. The molecule has 8 nitrogen and oxygen atoms in total. The molecule has 0 atom stereocenters. The summed E-state index contributed by atoms with van der Waals surface area (Å²) in [4.78, 5) is 14.3. The number of imidazole rings is 1. The number of aromatic amines is 1. The third-order valence-corrected chi connectivity index (χ3v) is 4.87. The molecule has 0 spiro atoms. The van der Waals surface area contributed by atoms with Crippen LogP contribution in [0.25, 0.3) is 17.2 Å². The molecule has 4 aromatic rings. The fourth-order valence-corrected chi connectivity index (χ4v) is 3.49. The van der Waals surface area contributed by atoms with Crippen molar-refractivity contribution < 1.29 is 0 Å². The predicted molar refractivity (Wildman–Crippen MR) is 96.8 cm³/mol. The van der Waals surface area contributed by atoms with E-state index in [1.165, 1.54) is 0 Å². The number of piperidine rings is 1. The van der Waals surface area contributed by atoms with Crippen molar-refractivity contribution in [1.82, 2.24) is 34.8 Å². The first-order valence-corrected chi connectivity index (χ1v) is 8.76. The van der Waals surface area contributed by atoms with Gasteiger partial charge in [0.15, 0.2) is 5.65 Å². The van der Waals surface area contributed by atoms with Gasteiger partial charge in [0.1, 0.15) is 17.3 Å². The van der Waals surface area contributed by atoms with Gasteiger partial charge in [0.05, 0.1) is 0 Å². The molecule has 130 valence electrons. The van der Waals surface area contributed by atoms with Gasteiger partial charge in [0.25, 0.3) is 0 Å². The van der Waals surface area contributed by atoms with Crippen molar-refractivity contribution in [2.75, 3.05) is 18.0 Å². The summed E-state index contributed by atoms with van der Waals surface area (Å²) in [7, 11) is 0. The second-order valence-corrected chi connectivity index (χ2v) is 6.44. The fraction of sp³-hybridized carbons (Fsp3) is 0.278. The molecule has 0 radical (unpaired) electrons. The normalized spacial score (nSPS) is 15.6. The number of rotatable bonds is 3. The van der Waals surface area contributed by atoms with Crippen molar-refractivity contribution in [2.45, 2.75) is 18.8 Å². The Morgan fingerprint density at radius 2 is 1.88 bits per heavy atom. The average molecular weight is 346 g/mol. The van der Waals surface area contributed by atoms with Crippen molar-refractivity contribution in [3.05, 3.63) is 54.7 Å². The number of fused-ring (bicyclic) bond motifs is 1. The van der Waals surface area contributed by atoms with Crippen molar-refractivity contribution in [2.24, 2.45) is 0 Å². The first kappa shape index (κ1) is 15.0. The van der Waals surface area contributed by atoms with Crippen LogP contribution in [0.1, 0.15) is 24.6 Å². The highest BCUT2D eigenvalue weighted by atomic mass is 15.4. The van der Waals surface area contributed by atoms with Gasteiger partial charge in [-0.05, 0) is 37.1 Å². The number of nitrogens with one attached hydrogen (secondary N) is 1. The zero-order valence-corrected chi connectivity index (χ0v) is 14.2. The van der Waals surface area contributed by atoms with Crippen LogP contribution in [0, 0.1) is 0 Å². The molecule has 5 heterocycles. The van der Waals surface area contributed by atoms with Gasteiger partial charge in [0.2, 0.25) is 5.82 Å². The Kier molecular flexibility index (Phi) is 3.59. The van der Waals surface area contributed by atoms with Crippen LogP contribution in [0.3, 0.4) is 0 Å². The fourth-order valence-electron chi connectivity index (χ4n) is 3.49. The Hall–Kier alpha value is -3.29. The molecule has 8 heteroatoms. The van der Waals surface area contributed by atoms with Gasteiger partial charge in [-0.25, -0.2) is 4.98 Å². The molecule has 0 amide bonds. The Morgan fingerprint density at radius 3 is 2.65 bits per heavy atom. The van der Waals surface area contributed by atoms with E-state index >= 15 is 0 Å². The topological polar surface area (TPSA) is 87.9 Å². The third-order valence-electron chi connectivity index (χ3n) is 4.87. The van der Waals surface area contributed by atoms with E-state index in [4.69, 9.17) is 5.10 Å². The number of anilines is 1. The summed E-state index contributed by atoms with van der Waals surface area (Å²) in [6.45, 7) is 1.90. The van der Waals surface area contributed by atoms with Crippen molar-refractivity contribution in [3.8, 4) is 11.5 Å². The molecule has 5 rings (SSSR count). The molecule has 4 aromatic heterocycles. The lowest BCUT2D eigenvalue weighted by Crippen LogP contribution is -2.34. The largest absolute Gasteiger partial charge is 0.355 e. The highest BCUT2D eigenvalue weighted by Crippen LogP contribution is 2.28. The molecule has 1 saturated heterocycles. The summed E-state index contributed by atoms with van der Waals surface area (Å²) in [5.74, 6) is 3.17. The van der Waals surface area contributed by atoms with Crippen LogP contribution in [0.2, 0.25) is 0 Å². The molecule has 1 N–H and O–H groups in total. The Morgan fingerprint density at radius 1 is 0.962 bits per heavy atom. The molecular formula is C18H18N8. The zero-order valence-electron chi connectivity index (χ0n) is 14.2. The lowest BCUT2D eigenvalue weighted by molar-refractivity contribution is 0.485. The Labute approximate surface area is 149 Å². The summed E-state index contributed by atoms with van der Waals surface area (Å²) in [5.41, 5.74) is 1.49. The molecule has 26 heavy (non-hydrogen) atoms. The SMILES string of the molecule is c1ccc(-c2nnc3ccc(N4CCC(c5ncc[nH]5)CC4)nn23)nc1. The highest BCUT2D eigenvalue weighted by Gasteiger charge is 2.23. The van der Waals surface area contributed by atoms with Gasteiger partial charge in [-0.1, -0.05) is 6.07 Å². The van der Waals surface area contributed by atoms with E-state index in [0.29, 0.717) is 11.7 Å². The maximum Gasteiger partial charge on any atom is 0.203 e. The molecule has 0 aromatic carbocycles. The van der Waals surface area contributed by atoms with Crippen LogP contribution in [0.4, 0.5) is 5.82 Å². The summed E-state index contributed by atoms with van der Waals surface area (Å²) >= 11 is 0. The Balaban J connectivity index is 1.42. The van der Waals surface area contributed by atoms with Crippen LogP contribution in [0.15, 0.2) is 48.9 Å². The van der Waals surface area contributed by atoms with Crippen LogP contribution in [0.5, 0.6) is 0 Å². The molecule has 1 aliphatic rings. The Bertz CT molecular complexity index is 1000. The number of pyridine rings is 1. The van der Waals surface area contributed by atoms with Crippen molar-refractivity contribution in [1.29, 1.82) is 0 Å². The molecule has 0 saturated carbocycles. The molecule has 1 fully saturated rings. The standard InChI is InChI=1S/C18H18N8/c1-2-8-19-14(3-1)18-23-22-15-4-5-16(24-26(15)18)25-11-6-13(7-12-25)17-20-9-10-21-17/h1-5,8-10,13H,6-7,11-12H2,(H,20,21). The van der Waals surface area contributed by atoms with E-state index in [0.717, 1.165) is 48.9 Å². The maximum atomic E-state index is 4.78. The van der Waals surface area contributed by atoms with E-state index in [2.05, 4.69) is 30.0 Å². The first-order valence-electron chi connectivity index (χ1n) is 8.76. The number of aromatic nitrogens is 7. The lowest BCUT2D eigenvalue weighted by atomic mass is 9.96. The van der Waals surface area contributed by atoms with E-state index in [1.54, 1.807) is 10.7 Å². The van der Waals surface area contributed by atoms with E-state index in [1.807, 2.05) is 42.7 Å². The van der Waals surface area contributed by atoms with Crippen LogP contribution in [-0.2, 0) is 0 Å². The maximum absolute atomic E-state index is 4.78. The minimum Gasteiger partial charge on any atom is -0.355 e. The zero-order chi connectivity index (χ0) is 17.3. The van der Waals surface area contributed by atoms with E-state index in [-0.39, 0.29) is 0 Å². The van der Waals surface area contributed by atoms with Crippen LogP contribution in [-0.4, -0.2) is 47.9 Å². The van der Waals surface area contributed by atoms with Crippen LogP contribution < -0.4 is 4.90 Å². The predicted octanol–water partition coefficient (Wildman–Crippen LogP) is 2.29. The van der Waals surface area contributed by atoms with Gasteiger partial charge in [-0.3, -0.25) is 4.98 Å². The number of hydrogen-bond donors (Lipinski definition) is 1. The average Bonchev–Trinajstić information content (AvgIpc) is 3.38. The monoisotopic (exact) mass is 346 g/mol. The number of hydrogen-bond acceptors (Lipinski definition) is 6. The second-order valence-electron chi connectivity index (χ2n) is 6.44. The van der Waals surface area contributed by atoms with Gasteiger partial charge in [0, 0.05) is 37.6 Å². The quantitative estimate of drug-likeness (QED) is 0.612. The van der Waals surface area contributed by atoms with Crippen LogP contribution >= 0.6 is 0 Å². The van der Waals surface area contributed by atoms with Gasteiger partial charge in [-0.2, -0.15) is 4.52 Å². The molecular weight excluding hydrogens is 328 g/mol. The van der Waals surface area contributed by atoms with Gasteiger partial charge in [-0.15, -0.1) is 15.3 Å². The molecule has 0 unspecified atom stereocenters. The number of H-pyrrole nitrogens is 1. The summed E-state index contributed by atoms with van der Waals surface area (Å²) < 4.78 is 1.77. The summed E-state index contributed by atoms with van der Waals surface area (Å²) in [5, 5.41) is 13.2. The number of nitrogens with zero attached hydrogens (tertiary/aromatic N) is 7. The smallest absolute Gasteiger partial charge is 0.203 e. The van der Waals surface area contributed by atoms with E-state index in [9.17, 15) is 0 Å². The van der Waals surface area contributed by atoms with E-state index < -0.39 is 0 Å². The third kappa shape index (κ3) is 2.59. The minimum atomic E-state index is 0.490. The van der Waals surface area contributed by atoms with Gasteiger partial charge >= 0.3 is 0 Å². The van der Waals surface area contributed by atoms with Crippen molar-refractivity contribution >= 4 is 11.5 Å². The van der Waals surface area contributed by atoms with Gasteiger partial charge < -0.3 is 9.88 Å². The molecule has 0 aliphatic carbocycles. The lowest BCUT2D eigenvalue weighted by Gasteiger charge is -2.31. The molecule has 0 bridgehead atoms. The van der Waals surface area contributed by atoms with Crippen molar-refractivity contribution in [3.63, 3.8) is 0 Å². The molecule has 1 aliphatic heterocycles. The second kappa shape index (κ2) is 6.21.